The fourth-order valence-electron chi connectivity index (χ4n) is 2.33. The van der Waals surface area contributed by atoms with E-state index in [0.29, 0.717) is 18.7 Å². The summed E-state index contributed by atoms with van der Waals surface area (Å²) in [5.41, 5.74) is 1.53. The number of halogens is 1. The van der Waals surface area contributed by atoms with Gasteiger partial charge in [0.05, 0.1) is 19.1 Å². The number of methoxy groups -OCH3 is 1. The fraction of sp³-hybridized carbons (Fsp3) is 0.278. The lowest BCUT2D eigenvalue weighted by atomic mass is 10.1. The van der Waals surface area contributed by atoms with Crippen LogP contribution in [0.4, 0.5) is 5.69 Å². The summed E-state index contributed by atoms with van der Waals surface area (Å²) in [6.45, 7) is 0.178. The van der Waals surface area contributed by atoms with Crippen molar-refractivity contribution in [2.24, 2.45) is 0 Å². The second-order valence-electron chi connectivity index (χ2n) is 5.69. The molecule has 2 rings (SSSR count). The molecule has 0 fully saturated rings. The van der Waals surface area contributed by atoms with Gasteiger partial charge >= 0.3 is 0 Å². The van der Waals surface area contributed by atoms with E-state index in [4.69, 9.17) is 4.74 Å². The molecule has 0 heterocycles. The molecule has 0 spiro atoms. The maximum Gasteiger partial charge on any atom is 0.240 e. The first kappa shape index (κ1) is 20.5. The van der Waals surface area contributed by atoms with E-state index in [1.165, 1.54) is 0 Å². The number of amides is 1. The van der Waals surface area contributed by atoms with Crippen molar-refractivity contribution in [2.75, 3.05) is 30.8 Å². The largest absolute Gasteiger partial charge is 0.497 e. The highest BCUT2D eigenvalue weighted by Crippen LogP contribution is 2.18. The summed E-state index contributed by atoms with van der Waals surface area (Å²) in [4.78, 5) is 12.2. The van der Waals surface area contributed by atoms with Crippen LogP contribution in [-0.4, -0.2) is 40.8 Å². The Labute approximate surface area is 167 Å². The van der Waals surface area contributed by atoms with E-state index in [9.17, 15) is 13.2 Å². The first-order valence-corrected chi connectivity index (χ1v) is 10.8. The van der Waals surface area contributed by atoms with Crippen LogP contribution in [0.2, 0.25) is 0 Å². The van der Waals surface area contributed by atoms with Crippen molar-refractivity contribution >= 4 is 44.2 Å². The van der Waals surface area contributed by atoms with Crippen LogP contribution in [-0.2, 0) is 21.2 Å². The average Bonchev–Trinajstić information content (AvgIpc) is 2.60. The van der Waals surface area contributed by atoms with E-state index < -0.39 is 10.0 Å². The van der Waals surface area contributed by atoms with E-state index in [2.05, 4.69) is 27.9 Å². The third-order valence-corrected chi connectivity index (χ3v) is 5.56. The van der Waals surface area contributed by atoms with Crippen molar-refractivity contribution in [3.8, 4) is 5.75 Å². The quantitative estimate of drug-likeness (QED) is 0.580. The van der Waals surface area contributed by atoms with E-state index in [1.807, 2.05) is 24.3 Å². The summed E-state index contributed by atoms with van der Waals surface area (Å²) < 4.78 is 31.3. The molecule has 0 saturated carbocycles. The Morgan fingerprint density at radius 1 is 1.12 bits per heavy atom. The summed E-state index contributed by atoms with van der Waals surface area (Å²) in [6, 6.07) is 14.6. The molecule has 0 atom stereocenters. The van der Waals surface area contributed by atoms with Crippen molar-refractivity contribution in [3.05, 3.63) is 57.7 Å². The Kier molecular flexibility index (Phi) is 7.27. The van der Waals surface area contributed by atoms with E-state index in [1.54, 1.807) is 31.4 Å². The van der Waals surface area contributed by atoms with Gasteiger partial charge in [0.25, 0.3) is 0 Å². The van der Waals surface area contributed by atoms with Gasteiger partial charge in [-0.25, -0.2) is 8.42 Å². The molecule has 0 saturated heterocycles. The minimum Gasteiger partial charge on any atom is -0.497 e. The van der Waals surface area contributed by atoms with Crippen molar-refractivity contribution in [1.29, 1.82) is 0 Å². The summed E-state index contributed by atoms with van der Waals surface area (Å²) in [5, 5.41) is 2.77. The molecule has 6 nitrogen and oxygen atoms in total. The summed E-state index contributed by atoms with van der Waals surface area (Å²) in [5.74, 6) is 0.432. The predicted octanol–water partition coefficient (Wildman–Crippen LogP) is 2.42. The molecule has 0 aliphatic carbocycles. The van der Waals surface area contributed by atoms with Crippen molar-refractivity contribution in [3.63, 3.8) is 0 Å². The number of carbonyl (C=O) groups is 1. The van der Waals surface area contributed by atoms with Gasteiger partial charge in [-0.15, -0.1) is 0 Å². The third kappa shape index (κ3) is 6.17. The molecule has 0 aromatic heterocycles. The SMILES string of the molecule is COc1ccc(CCNC(=O)CN(c2ccc(I)cc2)S(C)(=O)=O)cc1. The number of hydrogen-bond acceptors (Lipinski definition) is 4. The number of sulfonamides is 1. The van der Waals surface area contributed by atoms with Gasteiger partial charge in [0.15, 0.2) is 0 Å². The monoisotopic (exact) mass is 488 g/mol. The molecular formula is C18H21IN2O4S. The van der Waals surface area contributed by atoms with Crippen LogP contribution in [0.15, 0.2) is 48.5 Å². The minimum absolute atomic E-state index is 0.248. The smallest absolute Gasteiger partial charge is 0.240 e. The predicted molar refractivity (Wildman–Crippen MR) is 111 cm³/mol. The Morgan fingerprint density at radius 3 is 2.27 bits per heavy atom. The standard InChI is InChI=1S/C18H21IN2O4S/c1-25-17-9-3-14(4-10-17)11-12-20-18(22)13-21(26(2,23)24)16-7-5-15(19)6-8-16/h3-10H,11-13H2,1-2H3,(H,20,22). The Hall–Kier alpha value is -1.81. The lowest BCUT2D eigenvalue weighted by molar-refractivity contribution is -0.119. The van der Waals surface area contributed by atoms with Crippen LogP contribution in [0.5, 0.6) is 5.75 Å². The normalized spacial score (nSPS) is 11.0. The van der Waals surface area contributed by atoms with Crippen LogP contribution in [0, 0.1) is 3.57 Å². The van der Waals surface area contributed by atoms with Crippen LogP contribution in [0.25, 0.3) is 0 Å². The molecule has 0 bridgehead atoms. The van der Waals surface area contributed by atoms with Crippen LogP contribution in [0.1, 0.15) is 5.56 Å². The number of nitrogens with one attached hydrogen (secondary N) is 1. The van der Waals surface area contributed by atoms with Gasteiger partial charge in [-0.2, -0.15) is 0 Å². The van der Waals surface area contributed by atoms with Gasteiger partial charge in [-0.1, -0.05) is 12.1 Å². The van der Waals surface area contributed by atoms with Crippen LogP contribution in [0.3, 0.4) is 0 Å². The molecule has 1 amide bonds. The average molecular weight is 488 g/mol. The van der Waals surface area contributed by atoms with Crippen LogP contribution < -0.4 is 14.4 Å². The van der Waals surface area contributed by atoms with Gasteiger partial charge in [0.1, 0.15) is 12.3 Å². The van der Waals surface area contributed by atoms with Gasteiger partial charge in [0, 0.05) is 10.1 Å². The second kappa shape index (κ2) is 9.22. The number of ether oxygens (including phenoxy) is 1. The number of hydrogen-bond donors (Lipinski definition) is 1. The van der Waals surface area contributed by atoms with Crippen molar-refractivity contribution in [1.82, 2.24) is 5.32 Å². The Bertz CT molecular complexity index is 836. The first-order chi connectivity index (χ1) is 12.3. The highest BCUT2D eigenvalue weighted by atomic mass is 127. The second-order valence-corrected chi connectivity index (χ2v) is 8.85. The van der Waals surface area contributed by atoms with E-state index in [-0.39, 0.29) is 12.5 Å². The van der Waals surface area contributed by atoms with Gasteiger partial charge in [-0.05, 0) is 71.0 Å². The molecule has 140 valence electrons. The molecule has 2 aromatic rings. The molecular weight excluding hydrogens is 467 g/mol. The molecule has 0 unspecified atom stereocenters. The van der Waals surface area contributed by atoms with Crippen LogP contribution >= 0.6 is 22.6 Å². The molecule has 26 heavy (non-hydrogen) atoms. The molecule has 0 aliphatic heterocycles. The highest BCUT2D eigenvalue weighted by Gasteiger charge is 2.20. The summed E-state index contributed by atoms with van der Waals surface area (Å²) in [7, 11) is -1.95. The number of rotatable bonds is 8. The maximum absolute atomic E-state index is 12.2. The fourth-order valence-corrected chi connectivity index (χ4v) is 3.55. The molecule has 2 aromatic carbocycles. The summed E-state index contributed by atoms with van der Waals surface area (Å²) >= 11 is 2.14. The zero-order chi connectivity index (χ0) is 19.2. The molecule has 8 heteroatoms. The lowest BCUT2D eigenvalue weighted by Gasteiger charge is -2.22. The third-order valence-electron chi connectivity index (χ3n) is 3.70. The molecule has 1 N–H and O–H groups in total. The van der Waals surface area contributed by atoms with Crippen molar-refractivity contribution < 1.29 is 17.9 Å². The summed E-state index contributed by atoms with van der Waals surface area (Å²) in [6.07, 6.45) is 1.74. The first-order valence-electron chi connectivity index (χ1n) is 7.92. The van der Waals surface area contributed by atoms with Crippen molar-refractivity contribution in [2.45, 2.75) is 6.42 Å². The number of nitrogens with zero attached hydrogens (tertiary/aromatic N) is 1. The van der Waals surface area contributed by atoms with Gasteiger partial charge in [0.2, 0.25) is 15.9 Å². The minimum atomic E-state index is -3.55. The lowest BCUT2D eigenvalue weighted by Crippen LogP contribution is -2.40. The zero-order valence-electron chi connectivity index (χ0n) is 14.6. The number of carbonyl (C=O) groups excluding carboxylic acids is 1. The van der Waals surface area contributed by atoms with Gasteiger partial charge in [-0.3, -0.25) is 9.10 Å². The molecule has 0 radical (unpaired) electrons. The van der Waals surface area contributed by atoms with E-state index in [0.717, 1.165) is 25.4 Å². The number of benzene rings is 2. The van der Waals surface area contributed by atoms with E-state index >= 15 is 0 Å². The topological polar surface area (TPSA) is 75.7 Å². The zero-order valence-corrected chi connectivity index (χ0v) is 17.6. The Balaban J connectivity index is 1.93. The molecule has 0 aliphatic rings. The van der Waals surface area contributed by atoms with Gasteiger partial charge < -0.3 is 10.1 Å². The number of anilines is 1. The highest BCUT2D eigenvalue weighted by molar-refractivity contribution is 14.1. The Morgan fingerprint density at radius 2 is 1.73 bits per heavy atom. The maximum atomic E-state index is 12.2.